The van der Waals surface area contributed by atoms with Crippen LogP contribution < -0.4 is 10.6 Å². The van der Waals surface area contributed by atoms with Crippen LogP contribution in [-0.4, -0.2) is 29.3 Å². The van der Waals surface area contributed by atoms with E-state index >= 15 is 0 Å². The van der Waals surface area contributed by atoms with Crippen molar-refractivity contribution in [3.05, 3.63) is 29.6 Å². The molecule has 1 unspecified atom stereocenters. The topological polar surface area (TPSA) is 78.4 Å². The number of carbonyl (C=O) groups excluding carboxylic acids is 1. The van der Waals surface area contributed by atoms with Gasteiger partial charge in [0.05, 0.1) is 17.7 Å². The van der Waals surface area contributed by atoms with Crippen molar-refractivity contribution in [2.75, 3.05) is 5.32 Å². The van der Waals surface area contributed by atoms with Crippen LogP contribution in [0.4, 0.5) is 28.0 Å². The van der Waals surface area contributed by atoms with Gasteiger partial charge < -0.3 is 15.7 Å². The molecule has 0 aliphatic carbocycles. The van der Waals surface area contributed by atoms with Crippen molar-refractivity contribution < 1.29 is 32.3 Å². The molecule has 0 aromatic heterocycles. The Bertz CT molecular complexity index is 546. The fraction of sp³-hybridized carbons (Fsp3) is 0.333. The summed E-state index contributed by atoms with van der Waals surface area (Å²) in [5.74, 6) is -2.35. The first-order valence-corrected chi connectivity index (χ1v) is 5.75. The van der Waals surface area contributed by atoms with Gasteiger partial charge in [-0.1, -0.05) is 0 Å². The standard InChI is InChI=1S/C12H12F4N2O3/c1-6(5-12(14,15)16)17-11(21)18-9-3-2-7(10(19)20)4-8(9)13/h2-4,6H,5H2,1H3,(H,19,20)(H2,17,18,21). The van der Waals surface area contributed by atoms with Gasteiger partial charge in [0.25, 0.3) is 0 Å². The average Bonchev–Trinajstić information content (AvgIpc) is 2.28. The van der Waals surface area contributed by atoms with Crippen molar-refractivity contribution in [2.24, 2.45) is 0 Å². The Labute approximate surface area is 117 Å². The number of nitrogens with one attached hydrogen (secondary N) is 2. The number of hydrogen-bond acceptors (Lipinski definition) is 2. The minimum atomic E-state index is -4.43. The third kappa shape index (κ3) is 5.67. The third-order valence-corrected chi connectivity index (χ3v) is 2.38. The molecule has 0 aliphatic rings. The summed E-state index contributed by atoms with van der Waals surface area (Å²) < 4.78 is 49.7. The van der Waals surface area contributed by atoms with Gasteiger partial charge in [-0.3, -0.25) is 0 Å². The van der Waals surface area contributed by atoms with Gasteiger partial charge in [0.1, 0.15) is 5.82 Å². The van der Waals surface area contributed by atoms with E-state index in [0.29, 0.717) is 6.07 Å². The van der Waals surface area contributed by atoms with Gasteiger partial charge in [-0.25, -0.2) is 14.0 Å². The van der Waals surface area contributed by atoms with Crippen molar-refractivity contribution in [3.8, 4) is 0 Å². The van der Waals surface area contributed by atoms with Crippen LogP contribution in [0.3, 0.4) is 0 Å². The second kappa shape index (κ2) is 6.42. The molecule has 1 aromatic carbocycles. The molecule has 9 heteroatoms. The molecular weight excluding hydrogens is 296 g/mol. The van der Waals surface area contributed by atoms with Crippen LogP contribution in [0, 0.1) is 5.82 Å². The highest BCUT2D eigenvalue weighted by atomic mass is 19.4. The van der Waals surface area contributed by atoms with Gasteiger partial charge in [-0.15, -0.1) is 0 Å². The average molecular weight is 308 g/mol. The lowest BCUT2D eigenvalue weighted by Crippen LogP contribution is -2.38. The monoisotopic (exact) mass is 308 g/mol. The Morgan fingerprint density at radius 1 is 1.33 bits per heavy atom. The van der Waals surface area contributed by atoms with Crippen LogP contribution in [-0.2, 0) is 0 Å². The highest BCUT2D eigenvalue weighted by Crippen LogP contribution is 2.21. The zero-order chi connectivity index (χ0) is 16.2. The highest BCUT2D eigenvalue weighted by molar-refractivity contribution is 5.91. The number of carboxylic acid groups (broad SMARTS) is 1. The number of benzene rings is 1. The SMILES string of the molecule is CC(CC(F)(F)F)NC(=O)Nc1ccc(C(=O)O)cc1F. The number of halogens is 4. The van der Waals surface area contributed by atoms with Gasteiger partial charge in [-0.2, -0.15) is 13.2 Å². The molecule has 0 heterocycles. The molecule has 116 valence electrons. The number of aromatic carboxylic acids is 1. The Balaban J connectivity index is 2.65. The third-order valence-electron chi connectivity index (χ3n) is 2.38. The molecule has 1 atom stereocenters. The van der Waals surface area contributed by atoms with Crippen molar-refractivity contribution in [3.63, 3.8) is 0 Å². The lowest BCUT2D eigenvalue weighted by Gasteiger charge is -2.16. The maximum Gasteiger partial charge on any atom is 0.391 e. The van der Waals surface area contributed by atoms with E-state index in [1.54, 1.807) is 0 Å². The van der Waals surface area contributed by atoms with E-state index in [0.717, 1.165) is 19.1 Å². The van der Waals surface area contributed by atoms with Gasteiger partial charge in [0.15, 0.2) is 0 Å². The van der Waals surface area contributed by atoms with Crippen molar-refractivity contribution in [1.29, 1.82) is 0 Å². The van der Waals surface area contributed by atoms with E-state index in [1.807, 2.05) is 10.6 Å². The first kappa shape index (κ1) is 16.7. The molecule has 0 saturated heterocycles. The number of urea groups is 1. The highest BCUT2D eigenvalue weighted by Gasteiger charge is 2.30. The normalized spacial score (nSPS) is 12.6. The number of carbonyl (C=O) groups is 2. The molecule has 1 aromatic rings. The quantitative estimate of drug-likeness (QED) is 0.748. The number of anilines is 1. The van der Waals surface area contributed by atoms with E-state index in [9.17, 15) is 27.2 Å². The number of rotatable bonds is 4. The predicted molar refractivity (Wildman–Crippen MR) is 65.6 cm³/mol. The molecule has 0 radical (unpaired) electrons. The van der Waals surface area contributed by atoms with Gasteiger partial charge in [0, 0.05) is 6.04 Å². The maximum absolute atomic E-state index is 13.5. The zero-order valence-corrected chi connectivity index (χ0v) is 10.8. The number of amides is 2. The first-order chi connectivity index (χ1) is 9.58. The second-order valence-corrected chi connectivity index (χ2v) is 4.32. The zero-order valence-electron chi connectivity index (χ0n) is 10.8. The Hall–Kier alpha value is -2.32. The van der Waals surface area contributed by atoms with Crippen molar-refractivity contribution in [1.82, 2.24) is 5.32 Å². The molecule has 0 aliphatic heterocycles. The summed E-state index contributed by atoms with van der Waals surface area (Å²) >= 11 is 0. The molecule has 0 fully saturated rings. The summed E-state index contributed by atoms with van der Waals surface area (Å²) in [6.45, 7) is 1.15. The van der Waals surface area contributed by atoms with Crippen LogP contribution in [0.5, 0.6) is 0 Å². The fourth-order valence-electron chi connectivity index (χ4n) is 1.53. The van der Waals surface area contributed by atoms with Crippen LogP contribution in [0.15, 0.2) is 18.2 Å². The summed E-state index contributed by atoms with van der Waals surface area (Å²) in [5.41, 5.74) is -0.652. The largest absolute Gasteiger partial charge is 0.478 e. The minimum Gasteiger partial charge on any atom is -0.478 e. The Kier molecular flexibility index (Phi) is 5.12. The van der Waals surface area contributed by atoms with Crippen LogP contribution in [0.1, 0.15) is 23.7 Å². The van der Waals surface area contributed by atoms with Crippen molar-refractivity contribution >= 4 is 17.7 Å². The van der Waals surface area contributed by atoms with Crippen LogP contribution >= 0.6 is 0 Å². The molecule has 0 spiro atoms. The number of alkyl halides is 3. The molecule has 0 bridgehead atoms. The summed E-state index contributed by atoms with van der Waals surface area (Å²) in [6, 6.07) is 0.546. The molecule has 1 rings (SSSR count). The van der Waals surface area contributed by atoms with E-state index in [-0.39, 0.29) is 11.3 Å². The fourth-order valence-corrected chi connectivity index (χ4v) is 1.53. The summed E-state index contributed by atoms with van der Waals surface area (Å²) in [7, 11) is 0. The lowest BCUT2D eigenvalue weighted by molar-refractivity contribution is -0.138. The summed E-state index contributed by atoms with van der Waals surface area (Å²) in [4.78, 5) is 22.0. The Morgan fingerprint density at radius 3 is 2.43 bits per heavy atom. The maximum atomic E-state index is 13.5. The smallest absolute Gasteiger partial charge is 0.391 e. The van der Waals surface area contributed by atoms with Crippen LogP contribution in [0.2, 0.25) is 0 Å². The molecule has 5 nitrogen and oxygen atoms in total. The second-order valence-electron chi connectivity index (χ2n) is 4.32. The number of carboxylic acids is 1. The number of hydrogen-bond donors (Lipinski definition) is 3. The van der Waals surface area contributed by atoms with Crippen LogP contribution in [0.25, 0.3) is 0 Å². The minimum absolute atomic E-state index is 0.316. The molecule has 2 amide bonds. The first-order valence-electron chi connectivity index (χ1n) is 5.75. The van der Waals surface area contributed by atoms with Gasteiger partial charge >= 0.3 is 18.2 Å². The van der Waals surface area contributed by atoms with Crippen molar-refractivity contribution in [2.45, 2.75) is 25.6 Å². The van der Waals surface area contributed by atoms with E-state index in [1.165, 1.54) is 0 Å². The lowest BCUT2D eigenvalue weighted by atomic mass is 10.2. The molecule has 21 heavy (non-hydrogen) atoms. The van der Waals surface area contributed by atoms with Gasteiger partial charge in [-0.05, 0) is 25.1 Å². The molecule has 0 saturated carbocycles. The van der Waals surface area contributed by atoms with E-state index in [4.69, 9.17) is 5.11 Å². The van der Waals surface area contributed by atoms with E-state index in [2.05, 4.69) is 0 Å². The predicted octanol–water partition coefficient (Wildman–Crippen LogP) is 2.99. The van der Waals surface area contributed by atoms with Gasteiger partial charge in [0.2, 0.25) is 0 Å². The summed E-state index contributed by atoms with van der Waals surface area (Å²) in [5, 5.41) is 12.6. The molecule has 3 N–H and O–H groups in total. The van der Waals surface area contributed by atoms with E-state index < -0.39 is 36.5 Å². The Morgan fingerprint density at radius 2 is 1.95 bits per heavy atom. The summed E-state index contributed by atoms with van der Waals surface area (Å²) in [6.07, 6.45) is -5.65. The molecular formula is C12H12F4N2O3.